The van der Waals surface area contributed by atoms with Gasteiger partial charge in [-0.15, -0.1) is 0 Å². The number of aromatic nitrogens is 3. The van der Waals surface area contributed by atoms with Gasteiger partial charge >= 0.3 is 0 Å². The maximum atomic E-state index is 12.6. The first kappa shape index (κ1) is 21.7. The van der Waals surface area contributed by atoms with Gasteiger partial charge in [-0.25, -0.2) is 4.98 Å². The van der Waals surface area contributed by atoms with Gasteiger partial charge in [0.2, 0.25) is 0 Å². The second kappa shape index (κ2) is 7.12. The highest BCUT2D eigenvalue weighted by molar-refractivity contribution is 6.02. The number of hydrogen-bond donors (Lipinski definition) is 2. The van der Waals surface area contributed by atoms with Crippen LogP contribution in [0.3, 0.4) is 0 Å². The number of rotatable bonds is 3. The molecule has 0 spiro atoms. The summed E-state index contributed by atoms with van der Waals surface area (Å²) in [6.45, 7) is 12.2. The van der Waals surface area contributed by atoms with E-state index in [1.54, 1.807) is 0 Å². The molecule has 0 atom stereocenters. The summed E-state index contributed by atoms with van der Waals surface area (Å²) in [5.74, 6) is 0.956. The zero-order valence-electron chi connectivity index (χ0n) is 17.3. The molecule has 3 aromatic rings. The van der Waals surface area contributed by atoms with Crippen LogP contribution in [0.4, 0.5) is 0 Å². The van der Waals surface area contributed by atoms with Crippen LogP contribution in [0, 0.1) is 10.8 Å². The maximum absolute atomic E-state index is 12.6. The van der Waals surface area contributed by atoms with Crippen LogP contribution in [0.15, 0.2) is 24.4 Å². The molecule has 0 amide bonds. The van der Waals surface area contributed by atoms with E-state index >= 15 is 0 Å². The van der Waals surface area contributed by atoms with Crippen LogP contribution in [-0.4, -0.2) is 25.4 Å². The van der Waals surface area contributed by atoms with Crippen molar-refractivity contribution in [1.29, 1.82) is 0 Å². The molecule has 2 aromatic heterocycles. The predicted octanol–water partition coefficient (Wildman–Crippen LogP) is 5.73. The van der Waals surface area contributed by atoms with Crippen molar-refractivity contribution in [3.05, 3.63) is 35.5 Å². The van der Waals surface area contributed by atoms with E-state index in [-0.39, 0.29) is 24.4 Å². The number of H-pyrrole nitrogens is 1. The van der Waals surface area contributed by atoms with Gasteiger partial charge in [0.15, 0.2) is 11.6 Å². The van der Waals surface area contributed by atoms with Gasteiger partial charge in [-0.05, 0) is 30.0 Å². The van der Waals surface area contributed by atoms with Crippen molar-refractivity contribution in [1.82, 2.24) is 14.5 Å². The molecule has 3 rings (SSSR count). The van der Waals surface area contributed by atoms with Gasteiger partial charge in [0, 0.05) is 29.8 Å². The lowest BCUT2D eigenvalue weighted by molar-refractivity contribution is 0.0858. The molecule has 0 saturated carbocycles. The minimum absolute atomic E-state index is 0. The monoisotopic (exact) mass is 383 g/mol. The van der Waals surface area contributed by atoms with E-state index in [2.05, 4.69) is 30.7 Å². The van der Waals surface area contributed by atoms with Crippen LogP contribution < -0.4 is 0 Å². The molecular formula is C23H33N3O2. The standard InChI is InChI=1S/C22H29N3O2.CH4/c1-21(2,3)11-14-12-25(7)17(18(14)26)20-23-15-9-8-13(10-16(15)24-20)19(27)22(4,5)6;/h8-10,12,26H,11H2,1-7H3,(H,23,24);1H4. The Morgan fingerprint density at radius 3 is 2.39 bits per heavy atom. The zero-order valence-corrected chi connectivity index (χ0v) is 17.3. The first-order valence-electron chi connectivity index (χ1n) is 9.29. The van der Waals surface area contributed by atoms with Crippen LogP contribution in [-0.2, 0) is 13.5 Å². The van der Waals surface area contributed by atoms with Crippen molar-refractivity contribution in [3.63, 3.8) is 0 Å². The van der Waals surface area contributed by atoms with Gasteiger partial charge < -0.3 is 14.7 Å². The SMILES string of the molecule is C.Cn1cc(CC(C)(C)C)c(O)c1-c1nc2ccc(C(=O)C(C)(C)C)cc2[nH]1. The third-order valence-corrected chi connectivity index (χ3v) is 4.60. The molecule has 0 aliphatic carbocycles. The van der Waals surface area contributed by atoms with E-state index in [1.807, 2.05) is 56.8 Å². The van der Waals surface area contributed by atoms with Crippen molar-refractivity contribution in [2.24, 2.45) is 17.9 Å². The largest absolute Gasteiger partial charge is 0.505 e. The minimum atomic E-state index is -0.436. The lowest BCUT2D eigenvalue weighted by Crippen LogP contribution is -2.19. The average molecular weight is 384 g/mol. The summed E-state index contributed by atoms with van der Waals surface area (Å²) in [5, 5.41) is 10.8. The number of carbonyl (C=O) groups excluding carboxylic acids is 1. The Hall–Kier alpha value is -2.56. The number of fused-ring (bicyclic) bond motifs is 1. The highest BCUT2D eigenvalue weighted by atomic mass is 16.3. The van der Waals surface area contributed by atoms with Crippen LogP contribution in [0.5, 0.6) is 5.75 Å². The molecule has 5 heteroatoms. The maximum Gasteiger partial charge on any atom is 0.168 e. The summed E-state index contributed by atoms with van der Waals surface area (Å²) in [6, 6.07) is 5.51. The normalized spacial score (nSPS) is 12.2. The first-order chi connectivity index (χ1) is 12.4. The minimum Gasteiger partial charge on any atom is -0.505 e. The molecule has 0 bridgehead atoms. The molecule has 0 unspecified atom stereocenters. The van der Waals surface area contributed by atoms with Gasteiger partial charge in [-0.1, -0.05) is 49.0 Å². The smallest absolute Gasteiger partial charge is 0.168 e. The summed E-state index contributed by atoms with van der Waals surface area (Å²) < 4.78 is 1.90. The third-order valence-electron chi connectivity index (χ3n) is 4.60. The molecule has 28 heavy (non-hydrogen) atoms. The number of aromatic amines is 1. The number of aryl methyl sites for hydroxylation is 1. The molecule has 5 nitrogen and oxygen atoms in total. The van der Waals surface area contributed by atoms with E-state index < -0.39 is 5.41 Å². The predicted molar refractivity (Wildman–Crippen MR) is 116 cm³/mol. The summed E-state index contributed by atoms with van der Waals surface area (Å²) in [7, 11) is 1.91. The Bertz CT molecular complexity index is 1010. The van der Waals surface area contributed by atoms with Crippen molar-refractivity contribution in [2.45, 2.75) is 55.4 Å². The van der Waals surface area contributed by atoms with Gasteiger partial charge in [0.1, 0.15) is 11.4 Å². The van der Waals surface area contributed by atoms with Crippen LogP contribution in [0.25, 0.3) is 22.6 Å². The number of hydrogen-bond acceptors (Lipinski definition) is 3. The quantitative estimate of drug-likeness (QED) is 0.568. The Kier molecular flexibility index (Phi) is 5.52. The lowest BCUT2D eigenvalue weighted by atomic mass is 9.86. The fourth-order valence-corrected chi connectivity index (χ4v) is 3.35. The molecule has 0 aliphatic rings. The van der Waals surface area contributed by atoms with E-state index in [1.165, 1.54) is 0 Å². The Balaban J connectivity index is 0.00000280. The van der Waals surface area contributed by atoms with Gasteiger partial charge in [-0.2, -0.15) is 0 Å². The molecule has 2 N–H and O–H groups in total. The summed E-state index contributed by atoms with van der Waals surface area (Å²) in [4.78, 5) is 20.5. The number of nitrogens with one attached hydrogen (secondary N) is 1. The Morgan fingerprint density at radius 1 is 1.18 bits per heavy atom. The molecule has 2 heterocycles. The average Bonchev–Trinajstić information content (AvgIpc) is 3.04. The van der Waals surface area contributed by atoms with E-state index in [9.17, 15) is 9.90 Å². The van der Waals surface area contributed by atoms with Crippen molar-refractivity contribution in [2.75, 3.05) is 0 Å². The molecule has 152 valence electrons. The van der Waals surface area contributed by atoms with Crippen molar-refractivity contribution in [3.8, 4) is 17.3 Å². The van der Waals surface area contributed by atoms with Crippen molar-refractivity contribution < 1.29 is 9.90 Å². The first-order valence-corrected chi connectivity index (χ1v) is 9.29. The number of Topliss-reactive ketones (excluding diaryl/α,β-unsaturated/α-hetero) is 1. The fourth-order valence-electron chi connectivity index (χ4n) is 3.35. The number of carbonyl (C=O) groups is 1. The molecule has 0 aliphatic heterocycles. The number of aromatic hydroxyl groups is 1. The van der Waals surface area contributed by atoms with E-state index in [0.29, 0.717) is 17.1 Å². The third kappa shape index (κ3) is 4.13. The van der Waals surface area contributed by atoms with E-state index in [0.717, 1.165) is 23.0 Å². The highest BCUT2D eigenvalue weighted by Gasteiger charge is 2.24. The van der Waals surface area contributed by atoms with Gasteiger partial charge in [0.25, 0.3) is 0 Å². The number of imidazole rings is 1. The van der Waals surface area contributed by atoms with Crippen LogP contribution in [0.1, 0.15) is 64.9 Å². The fraction of sp³-hybridized carbons (Fsp3) is 0.478. The molecule has 1 aromatic carbocycles. The summed E-state index contributed by atoms with van der Waals surface area (Å²) >= 11 is 0. The molecule has 0 fully saturated rings. The molecule has 0 radical (unpaired) electrons. The molecule has 0 saturated heterocycles. The van der Waals surface area contributed by atoms with E-state index in [4.69, 9.17) is 0 Å². The summed E-state index contributed by atoms with van der Waals surface area (Å²) in [5.41, 5.74) is 3.43. The highest BCUT2D eigenvalue weighted by Crippen LogP contribution is 2.36. The summed E-state index contributed by atoms with van der Waals surface area (Å²) in [6.07, 6.45) is 2.73. The van der Waals surface area contributed by atoms with Crippen LogP contribution >= 0.6 is 0 Å². The zero-order chi connectivity index (χ0) is 20.1. The Morgan fingerprint density at radius 2 is 1.82 bits per heavy atom. The van der Waals surface area contributed by atoms with Crippen molar-refractivity contribution >= 4 is 16.8 Å². The number of ketones is 1. The Labute approximate surface area is 167 Å². The second-order valence-corrected chi connectivity index (χ2v) is 9.60. The second-order valence-electron chi connectivity index (χ2n) is 9.60. The number of benzene rings is 1. The van der Waals surface area contributed by atoms with Gasteiger partial charge in [0.05, 0.1) is 11.0 Å². The molecular weight excluding hydrogens is 350 g/mol. The number of nitrogens with zero attached hydrogens (tertiary/aromatic N) is 2. The lowest BCUT2D eigenvalue weighted by Gasteiger charge is -2.17. The van der Waals surface area contributed by atoms with Gasteiger partial charge in [-0.3, -0.25) is 4.79 Å². The topological polar surface area (TPSA) is 70.9 Å². The van der Waals surface area contributed by atoms with Crippen LogP contribution in [0.2, 0.25) is 0 Å².